The van der Waals surface area contributed by atoms with E-state index in [1.807, 2.05) is 41.3 Å². The molecule has 172 valence electrons. The summed E-state index contributed by atoms with van der Waals surface area (Å²) in [6, 6.07) is 28.6. The van der Waals surface area contributed by atoms with Gasteiger partial charge in [0.2, 0.25) is 0 Å². The second-order valence-electron chi connectivity index (χ2n) is 8.57. The van der Waals surface area contributed by atoms with Crippen molar-refractivity contribution < 1.29 is 9.53 Å². The number of amides is 2. The Labute approximate surface area is 200 Å². The molecule has 34 heavy (non-hydrogen) atoms. The first-order valence-corrected chi connectivity index (χ1v) is 11.7. The van der Waals surface area contributed by atoms with Crippen molar-refractivity contribution in [3.8, 4) is 11.4 Å². The number of aromatic nitrogens is 1. The molecule has 0 saturated carbocycles. The van der Waals surface area contributed by atoms with Crippen LogP contribution in [-0.4, -0.2) is 22.6 Å². The van der Waals surface area contributed by atoms with Crippen molar-refractivity contribution in [2.24, 2.45) is 0 Å². The second-order valence-corrected chi connectivity index (χ2v) is 8.57. The molecule has 0 bridgehead atoms. The Bertz CT molecular complexity index is 1290. The molecular weight excluding hydrogens is 422 g/mol. The molecule has 0 saturated heterocycles. The van der Waals surface area contributed by atoms with E-state index < -0.39 is 0 Å². The molecule has 5 nitrogen and oxygen atoms in total. The summed E-state index contributed by atoms with van der Waals surface area (Å²) in [5.74, 6) is 0.780. The number of benzene rings is 3. The van der Waals surface area contributed by atoms with Crippen molar-refractivity contribution >= 4 is 6.03 Å². The van der Waals surface area contributed by atoms with Gasteiger partial charge in [0.15, 0.2) is 0 Å². The third-order valence-electron chi connectivity index (χ3n) is 6.51. The molecule has 1 aliphatic rings. The normalized spacial score (nSPS) is 14.6. The molecular formula is C29H29N3O2. The zero-order valence-electron chi connectivity index (χ0n) is 19.6. The Morgan fingerprint density at radius 3 is 2.59 bits per heavy atom. The van der Waals surface area contributed by atoms with Crippen LogP contribution >= 0.6 is 0 Å². The molecule has 2 heterocycles. The molecule has 5 heteroatoms. The minimum absolute atomic E-state index is 0.100. The van der Waals surface area contributed by atoms with Gasteiger partial charge in [0, 0.05) is 18.4 Å². The van der Waals surface area contributed by atoms with Gasteiger partial charge in [0.25, 0.3) is 0 Å². The SMILES string of the molecule is CCc1ccc([C@@H]2c3cccn3-c3ccccc3CN2C(=O)NCc2cccc(OC)c2)cc1. The smallest absolute Gasteiger partial charge is 0.318 e. The fourth-order valence-electron chi connectivity index (χ4n) is 4.69. The Morgan fingerprint density at radius 2 is 1.79 bits per heavy atom. The summed E-state index contributed by atoms with van der Waals surface area (Å²) in [6.07, 6.45) is 3.07. The summed E-state index contributed by atoms with van der Waals surface area (Å²) in [7, 11) is 1.65. The Kier molecular flexibility index (Phi) is 6.09. The average molecular weight is 452 g/mol. The van der Waals surface area contributed by atoms with Gasteiger partial charge < -0.3 is 19.5 Å². The summed E-state index contributed by atoms with van der Waals surface area (Å²) in [6.45, 7) is 3.10. The summed E-state index contributed by atoms with van der Waals surface area (Å²) >= 11 is 0. The first-order valence-electron chi connectivity index (χ1n) is 11.7. The van der Waals surface area contributed by atoms with E-state index >= 15 is 0 Å². The van der Waals surface area contributed by atoms with Gasteiger partial charge in [-0.2, -0.15) is 0 Å². The van der Waals surface area contributed by atoms with Crippen LogP contribution in [0.3, 0.4) is 0 Å². The molecule has 0 fully saturated rings. The van der Waals surface area contributed by atoms with E-state index in [9.17, 15) is 4.79 Å². The van der Waals surface area contributed by atoms with Crippen molar-refractivity contribution in [3.63, 3.8) is 0 Å². The first-order chi connectivity index (χ1) is 16.7. The first kappa shape index (κ1) is 21.8. The largest absolute Gasteiger partial charge is 0.497 e. The average Bonchev–Trinajstić information content (AvgIpc) is 3.32. The van der Waals surface area contributed by atoms with Gasteiger partial charge in [-0.25, -0.2) is 4.79 Å². The number of para-hydroxylation sites is 1. The topological polar surface area (TPSA) is 46.5 Å². The van der Waals surface area contributed by atoms with Crippen LogP contribution in [0.1, 0.15) is 40.9 Å². The summed E-state index contributed by atoms with van der Waals surface area (Å²) in [4.78, 5) is 15.6. The Hall–Kier alpha value is -3.99. The number of ether oxygens (including phenoxy) is 1. The number of fused-ring (bicyclic) bond motifs is 3. The van der Waals surface area contributed by atoms with Crippen LogP contribution in [0.25, 0.3) is 5.69 Å². The van der Waals surface area contributed by atoms with Crippen LogP contribution in [0.2, 0.25) is 0 Å². The zero-order chi connectivity index (χ0) is 23.5. The number of aryl methyl sites for hydroxylation is 1. The molecule has 2 amide bonds. The van der Waals surface area contributed by atoms with Gasteiger partial charge in [-0.1, -0.05) is 61.5 Å². The van der Waals surface area contributed by atoms with Gasteiger partial charge in [-0.05, 0) is 59.0 Å². The van der Waals surface area contributed by atoms with Crippen LogP contribution in [-0.2, 0) is 19.5 Å². The van der Waals surface area contributed by atoms with E-state index in [-0.39, 0.29) is 12.1 Å². The molecule has 0 radical (unpaired) electrons. The highest BCUT2D eigenvalue weighted by Gasteiger charge is 2.32. The monoisotopic (exact) mass is 451 g/mol. The molecule has 3 aromatic carbocycles. The van der Waals surface area contributed by atoms with Crippen molar-refractivity contribution in [2.45, 2.75) is 32.5 Å². The number of rotatable bonds is 5. The van der Waals surface area contributed by atoms with Crippen LogP contribution < -0.4 is 10.1 Å². The van der Waals surface area contributed by atoms with E-state index in [1.54, 1.807) is 7.11 Å². The fraction of sp³-hybridized carbons (Fsp3) is 0.207. The maximum atomic E-state index is 13.7. The van der Waals surface area contributed by atoms with Crippen LogP contribution in [0.5, 0.6) is 5.75 Å². The molecule has 5 rings (SSSR count). The van der Waals surface area contributed by atoms with Crippen molar-refractivity contribution in [1.29, 1.82) is 0 Å². The molecule has 0 spiro atoms. The second kappa shape index (κ2) is 9.48. The third kappa shape index (κ3) is 4.17. The van der Waals surface area contributed by atoms with Crippen LogP contribution in [0.4, 0.5) is 4.79 Å². The van der Waals surface area contributed by atoms with Gasteiger partial charge >= 0.3 is 6.03 Å². The number of carbonyl (C=O) groups excluding carboxylic acids is 1. The maximum absolute atomic E-state index is 13.7. The molecule has 0 unspecified atom stereocenters. The minimum atomic E-state index is -0.210. The molecule has 1 atom stereocenters. The molecule has 1 aliphatic heterocycles. The quantitative estimate of drug-likeness (QED) is 0.413. The molecule has 1 aromatic heterocycles. The number of nitrogens with zero attached hydrogens (tertiary/aromatic N) is 2. The van der Waals surface area contributed by atoms with E-state index in [0.717, 1.165) is 40.2 Å². The summed E-state index contributed by atoms with van der Waals surface area (Å²) < 4.78 is 7.54. The number of urea groups is 1. The highest BCUT2D eigenvalue weighted by atomic mass is 16.5. The van der Waals surface area contributed by atoms with Crippen molar-refractivity contribution in [2.75, 3.05) is 7.11 Å². The number of methoxy groups -OCH3 is 1. The highest BCUT2D eigenvalue weighted by Crippen LogP contribution is 2.36. The maximum Gasteiger partial charge on any atom is 0.318 e. The van der Waals surface area contributed by atoms with E-state index in [1.165, 1.54) is 5.56 Å². The van der Waals surface area contributed by atoms with E-state index in [0.29, 0.717) is 13.1 Å². The third-order valence-corrected chi connectivity index (χ3v) is 6.51. The van der Waals surface area contributed by atoms with E-state index in [2.05, 4.69) is 71.5 Å². The highest BCUT2D eigenvalue weighted by molar-refractivity contribution is 5.76. The number of nitrogens with one attached hydrogen (secondary N) is 1. The molecule has 4 aromatic rings. The lowest BCUT2D eigenvalue weighted by Gasteiger charge is -2.31. The predicted octanol–water partition coefficient (Wildman–Crippen LogP) is 5.86. The number of hydrogen-bond acceptors (Lipinski definition) is 2. The minimum Gasteiger partial charge on any atom is -0.497 e. The lowest BCUT2D eigenvalue weighted by Crippen LogP contribution is -2.41. The van der Waals surface area contributed by atoms with Gasteiger partial charge in [0.1, 0.15) is 5.75 Å². The number of hydrogen-bond donors (Lipinski definition) is 1. The van der Waals surface area contributed by atoms with Crippen molar-refractivity contribution in [3.05, 3.63) is 119 Å². The Morgan fingerprint density at radius 1 is 0.971 bits per heavy atom. The van der Waals surface area contributed by atoms with Gasteiger partial charge in [-0.15, -0.1) is 0 Å². The summed E-state index contributed by atoms with van der Waals surface area (Å²) in [5.41, 5.74) is 6.68. The van der Waals surface area contributed by atoms with Crippen LogP contribution in [0, 0.1) is 0 Å². The number of carbonyl (C=O) groups is 1. The molecule has 0 aliphatic carbocycles. The zero-order valence-corrected chi connectivity index (χ0v) is 19.6. The Balaban J connectivity index is 1.52. The standard InChI is InChI=1S/C29H29N3O2/c1-3-21-13-15-23(16-14-21)28-27-12-7-17-31(27)26-11-5-4-9-24(26)20-32(28)29(33)30-19-22-8-6-10-25(18-22)34-2/h4-18,28H,3,19-20H2,1-2H3,(H,30,33)/t28-/m1/s1. The molecule has 1 N–H and O–H groups in total. The lowest BCUT2D eigenvalue weighted by atomic mass is 10.00. The van der Waals surface area contributed by atoms with Crippen LogP contribution in [0.15, 0.2) is 91.1 Å². The van der Waals surface area contributed by atoms with Crippen molar-refractivity contribution in [1.82, 2.24) is 14.8 Å². The predicted molar refractivity (Wildman–Crippen MR) is 134 cm³/mol. The fourth-order valence-corrected chi connectivity index (χ4v) is 4.69. The van der Waals surface area contributed by atoms with E-state index in [4.69, 9.17) is 4.74 Å². The lowest BCUT2D eigenvalue weighted by molar-refractivity contribution is 0.180. The van der Waals surface area contributed by atoms with Gasteiger partial charge in [0.05, 0.1) is 25.4 Å². The van der Waals surface area contributed by atoms with Gasteiger partial charge in [-0.3, -0.25) is 0 Å². The summed E-state index contributed by atoms with van der Waals surface area (Å²) in [5, 5.41) is 3.15.